The summed E-state index contributed by atoms with van der Waals surface area (Å²) in [6, 6.07) is 0. The van der Waals surface area contributed by atoms with E-state index in [1.54, 1.807) is 20.8 Å². The fourth-order valence-corrected chi connectivity index (χ4v) is 0.766. The second-order valence-corrected chi connectivity index (χ2v) is 2.62. The van der Waals surface area contributed by atoms with E-state index in [4.69, 9.17) is 7.85 Å². The molecular weight excluding hydrogens is 128 g/mol. The molecule has 0 spiro atoms. The van der Waals surface area contributed by atoms with Crippen molar-refractivity contribution in [2.24, 2.45) is 11.8 Å². The van der Waals surface area contributed by atoms with Gasteiger partial charge in [0.05, 0.1) is 5.92 Å². The molecule has 0 aromatic rings. The van der Waals surface area contributed by atoms with Crippen molar-refractivity contribution in [2.75, 3.05) is 0 Å². The van der Waals surface area contributed by atoms with Crippen LogP contribution in [0.15, 0.2) is 0 Å². The lowest BCUT2D eigenvalue weighted by Crippen LogP contribution is -2.14. The number of rotatable bonds is 4. The Hall–Kier alpha value is -0.530. The standard InChI is InChI=1S/C8H16O2/c1-4-7(8(9)10)5-6(2)3/h6-7H,4-5H2,1-3H3,(H,9,10)/t7-/m0/s1/i5D2. The van der Waals surface area contributed by atoms with Gasteiger partial charge in [0.15, 0.2) is 0 Å². The van der Waals surface area contributed by atoms with Crippen LogP contribution in [0.1, 0.15) is 36.3 Å². The summed E-state index contributed by atoms with van der Waals surface area (Å²) in [4.78, 5) is 10.6. The number of hydrogen-bond acceptors (Lipinski definition) is 1. The molecule has 0 bridgehead atoms. The summed E-state index contributed by atoms with van der Waals surface area (Å²) in [7, 11) is 0. The maximum Gasteiger partial charge on any atom is 0.306 e. The number of aliphatic carboxylic acids is 1. The van der Waals surface area contributed by atoms with Crippen LogP contribution in [-0.2, 0) is 4.79 Å². The van der Waals surface area contributed by atoms with Crippen molar-refractivity contribution in [1.82, 2.24) is 0 Å². The predicted molar refractivity (Wildman–Crippen MR) is 40.9 cm³/mol. The fraction of sp³-hybridized carbons (Fsp3) is 0.875. The van der Waals surface area contributed by atoms with E-state index in [1.807, 2.05) is 0 Å². The second kappa shape index (κ2) is 4.31. The Morgan fingerprint density at radius 1 is 1.70 bits per heavy atom. The van der Waals surface area contributed by atoms with Crippen LogP contribution < -0.4 is 0 Å². The molecule has 1 N–H and O–H groups in total. The monoisotopic (exact) mass is 146 g/mol. The van der Waals surface area contributed by atoms with E-state index >= 15 is 0 Å². The summed E-state index contributed by atoms with van der Waals surface area (Å²) < 4.78 is 15.1. The van der Waals surface area contributed by atoms with Gasteiger partial charge in [0.2, 0.25) is 0 Å². The first kappa shape index (κ1) is 6.20. The molecule has 0 fully saturated rings. The van der Waals surface area contributed by atoms with Crippen molar-refractivity contribution in [2.45, 2.75) is 33.6 Å². The molecule has 0 saturated heterocycles. The lowest BCUT2D eigenvalue weighted by molar-refractivity contribution is -0.142. The first-order chi connectivity index (χ1) is 5.34. The number of hydrogen-bond donors (Lipinski definition) is 1. The highest BCUT2D eigenvalue weighted by atomic mass is 16.4. The molecule has 0 heterocycles. The third-order valence-corrected chi connectivity index (χ3v) is 1.24. The maximum atomic E-state index is 10.6. The molecular formula is C8H16O2. The van der Waals surface area contributed by atoms with Crippen LogP contribution in [0.3, 0.4) is 0 Å². The molecule has 0 aliphatic heterocycles. The summed E-state index contributed by atoms with van der Waals surface area (Å²) >= 11 is 0. The Morgan fingerprint density at radius 2 is 2.20 bits per heavy atom. The SMILES string of the molecule is [2H]C([2H])(C(C)C)[C@H](CC)C(=O)O. The van der Waals surface area contributed by atoms with Crippen molar-refractivity contribution in [1.29, 1.82) is 0 Å². The van der Waals surface area contributed by atoms with E-state index < -0.39 is 18.3 Å². The Labute approximate surface area is 65.1 Å². The Bertz CT molecular complexity index is 166. The van der Waals surface area contributed by atoms with E-state index in [0.29, 0.717) is 6.42 Å². The molecule has 10 heavy (non-hydrogen) atoms. The average molecular weight is 146 g/mol. The van der Waals surface area contributed by atoms with Crippen molar-refractivity contribution in [3.05, 3.63) is 0 Å². The van der Waals surface area contributed by atoms with E-state index in [2.05, 4.69) is 0 Å². The van der Waals surface area contributed by atoms with Crippen molar-refractivity contribution < 1.29 is 12.6 Å². The lowest BCUT2D eigenvalue weighted by atomic mass is 9.95. The van der Waals surface area contributed by atoms with Crippen LogP contribution in [0.25, 0.3) is 0 Å². The molecule has 0 amide bonds. The largest absolute Gasteiger partial charge is 0.481 e. The predicted octanol–water partition coefficient (Wildman–Crippen LogP) is 2.14. The second-order valence-electron chi connectivity index (χ2n) is 2.62. The first-order valence-electron chi connectivity index (χ1n) is 4.56. The Balaban J connectivity index is 4.59. The summed E-state index contributed by atoms with van der Waals surface area (Å²) in [5.74, 6) is -2.20. The Morgan fingerprint density at radius 3 is 2.30 bits per heavy atom. The van der Waals surface area contributed by atoms with E-state index in [-0.39, 0.29) is 5.92 Å². The summed E-state index contributed by atoms with van der Waals surface area (Å²) in [6.45, 7) is 5.09. The van der Waals surface area contributed by atoms with Crippen LogP contribution in [-0.4, -0.2) is 11.1 Å². The van der Waals surface area contributed by atoms with Gasteiger partial charge in [-0.1, -0.05) is 20.8 Å². The molecule has 0 saturated carbocycles. The van der Waals surface area contributed by atoms with Gasteiger partial charge in [-0.15, -0.1) is 0 Å². The molecule has 0 aromatic heterocycles. The quantitative estimate of drug-likeness (QED) is 0.659. The number of carboxylic acids is 1. The smallest absolute Gasteiger partial charge is 0.306 e. The zero-order valence-electron chi connectivity index (χ0n) is 8.72. The van der Waals surface area contributed by atoms with Gasteiger partial charge in [-0.05, 0) is 18.7 Å². The van der Waals surface area contributed by atoms with Crippen LogP contribution in [0.2, 0.25) is 0 Å². The third kappa shape index (κ3) is 3.49. The minimum Gasteiger partial charge on any atom is -0.481 e. The van der Waals surface area contributed by atoms with Gasteiger partial charge in [0.25, 0.3) is 0 Å². The highest BCUT2D eigenvalue weighted by Crippen LogP contribution is 2.14. The molecule has 0 rings (SSSR count). The van der Waals surface area contributed by atoms with Crippen LogP contribution in [0, 0.1) is 11.8 Å². The van der Waals surface area contributed by atoms with Crippen molar-refractivity contribution in [3.8, 4) is 0 Å². The van der Waals surface area contributed by atoms with Gasteiger partial charge in [-0.25, -0.2) is 0 Å². The minimum atomic E-state index is -1.61. The third-order valence-electron chi connectivity index (χ3n) is 1.24. The normalized spacial score (nSPS) is 18.0. The first-order valence-corrected chi connectivity index (χ1v) is 3.56. The maximum absolute atomic E-state index is 10.6. The van der Waals surface area contributed by atoms with Gasteiger partial charge in [0.1, 0.15) is 0 Å². The molecule has 2 nitrogen and oxygen atoms in total. The van der Waals surface area contributed by atoms with Crippen LogP contribution in [0.4, 0.5) is 0 Å². The molecule has 0 unspecified atom stereocenters. The summed E-state index contributed by atoms with van der Waals surface area (Å²) in [5, 5.41) is 8.72. The van der Waals surface area contributed by atoms with Crippen LogP contribution >= 0.6 is 0 Å². The van der Waals surface area contributed by atoms with E-state index in [0.717, 1.165) is 0 Å². The highest BCUT2D eigenvalue weighted by Gasteiger charge is 2.15. The summed E-state index contributed by atoms with van der Waals surface area (Å²) in [5.41, 5.74) is 0. The lowest BCUT2D eigenvalue weighted by Gasteiger charge is -2.11. The molecule has 0 radical (unpaired) electrons. The number of carboxylic acid groups (broad SMARTS) is 1. The van der Waals surface area contributed by atoms with Gasteiger partial charge in [0, 0.05) is 2.74 Å². The van der Waals surface area contributed by atoms with Crippen molar-refractivity contribution in [3.63, 3.8) is 0 Å². The molecule has 2 heteroatoms. The van der Waals surface area contributed by atoms with Gasteiger partial charge in [-0.3, -0.25) is 4.79 Å². The molecule has 0 aliphatic carbocycles. The minimum absolute atomic E-state index is 0.265. The Kier molecular flexibility index (Phi) is 2.67. The highest BCUT2D eigenvalue weighted by molar-refractivity contribution is 5.69. The molecule has 0 aromatic carbocycles. The van der Waals surface area contributed by atoms with Crippen LogP contribution in [0.5, 0.6) is 0 Å². The zero-order valence-corrected chi connectivity index (χ0v) is 6.72. The zero-order chi connectivity index (χ0) is 9.94. The van der Waals surface area contributed by atoms with Gasteiger partial charge in [-0.2, -0.15) is 0 Å². The van der Waals surface area contributed by atoms with Gasteiger partial charge < -0.3 is 5.11 Å². The summed E-state index contributed by atoms with van der Waals surface area (Å²) in [6.07, 6.45) is -1.28. The molecule has 60 valence electrons. The van der Waals surface area contributed by atoms with E-state index in [9.17, 15) is 4.79 Å². The van der Waals surface area contributed by atoms with Crippen molar-refractivity contribution >= 4 is 5.97 Å². The van der Waals surface area contributed by atoms with Gasteiger partial charge >= 0.3 is 5.97 Å². The topological polar surface area (TPSA) is 37.3 Å². The van der Waals surface area contributed by atoms with E-state index in [1.165, 1.54) is 0 Å². The fourth-order valence-electron chi connectivity index (χ4n) is 0.766. The average Bonchev–Trinajstić information content (AvgIpc) is 1.86. The molecule has 0 aliphatic rings. The number of carbonyl (C=O) groups is 1. The molecule has 1 atom stereocenters.